The van der Waals surface area contributed by atoms with Gasteiger partial charge in [0.15, 0.2) is 0 Å². The van der Waals surface area contributed by atoms with E-state index < -0.39 is 0 Å². The van der Waals surface area contributed by atoms with Crippen molar-refractivity contribution in [1.82, 2.24) is 5.32 Å². The molecule has 0 aliphatic carbocycles. The van der Waals surface area contributed by atoms with E-state index in [-0.39, 0.29) is 11.9 Å². The van der Waals surface area contributed by atoms with E-state index in [4.69, 9.17) is 4.74 Å². The average molecular weight is 289 g/mol. The summed E-state index contributed by atoms with van der Waals surface area (Å²) >= 11 is 1.66. The van der Waals surface area contributed by atoms with E-state index in [9.17, 15) is 4.79 Å². The van der Waals surface area contributed by atoms with E-state index in [1.807, 2.05) is 54.8 Å². The van der Waals surface area contributed by atoms with Gasteiger partial charge in [-0.3, -0.25) is 4.79 Å². The Kier molecular flexibility index (Phi) is 5.62. The summed E-state index contributed by atoms with van der Waals surface area (Å²) in [7, 11) is 0. The molecule has 2 aromatic rings. The summed E-state index contributed by atoms with van der Waals surface area (Å²) in [6.07, 6.45) is 1.21. The Labute approximate surface area is 123 Å². The first-order chi connectivity index (χ1) is 9.75. The first-order valence-corrected chi connectivity index (χ1v) is 7.64. The van der Waals surface area contributed by atoms with Gasteiger partial charge in [-0.2, -0.15) is 0 Å². The van der Waals surface area contributed by atoms with Crippen molar-refractivity contribution in [3.63, 3.8) is 0 Å². The Morgan fingerprint density at radius 3 is 2.75 bits per heavy atom. The lowest BCUT2D eigenvalue weighted by molar-refractivity contribution is -0.121. The van der Waals surface area contributed by atoms with Crippen molar-refractivity contribution in [2.24, 2.45) is 0 Å². The summed E-state index contributed by atoms with van der Waals surface area (Å²) < 4.78 is 5.56. The molecular weight excluding hydrogens is 270 g/mol. The molecule has 0 radical (unpaired) electrons. The van der Waals surface area contributed by atoms with Crippen LogP contribution in [0, 0.1) is 0 Å². The van der Waals surface area contributed by atoms with Crippen LogP contribution in [0.1, 0.15) is 30.7 Å². The van der Waals surface area contributed by atoms with Crippen LogP contribution in [0.2, 0.25) is 0 Å². The second kappa shape index (κ2) is 7.70. The Morgan fingerprint density at radius 2 is 2.05 bits per heavy atom. The van der Waals surface area contributed by atoms with Gasteiger partial charge in [0, 0.05) is 11.3 Å². The average Bonchev–Trinajstić information content (AvgIpc) is 2.99. The van der Waals surface area contributed by atoms with Crippen LogP contribution in [0.25, 0.3) is 0 Å². The zero-order chi connectivity index (χ0) is 14.2. The fourth-order valence-electron chi connectivity index (χ4n) is 1.86. The van der Waals surface area contributed by atoms with Crippen LogP contribution in [0.15, 0.2) is 47.8 Å². The maximum Gasteiger partial charge on any atom is 0.220 e. The predicted octanol–water partition coefficient (Wildman–Crippen LogP) is 3.78. The van der Waals surface area contributed by atoms with Gasteiger partial charge in [-0.1, -0.05) is 24.3 Å². The molecule has 1 heterocycles. The fraction of sp³-hybridized carbons (Fsp3) is 0.312. The van der Waals surface area contributed by atoms with Crippen LogP contribution in [-0.4, -0.2) is 12.5 Å². The number of rotatable bonds is 7. The van der Waals surface area contributed by atoms with Crippen molar-refractivity contribution < 1.29 is 9.53 Å². The second-order valence-corrected chi connectivity index (χ2v) is 5.55. The van der Waals surface area contributed by atoms with Crippen molar-refractivity contribution in [2.75, 3.05) is 6.61 Å². The van der Waals surface area contributed by atoms with Gasteiger partial charge < -0.3 is 10.1 Å². The Balaban J connectivity index is 1.63. The number of carbonyl (C=O) groups excluding carboxylic acids is 1. The van der Waals surface area contributed by atoms with E-state index in [2.05, 4.69) is 5.32 Å². The number of amides is 1. The normalized spacial score (nSPS) is 11.8. The molecule has 0 saturated heterocycles. The molecule has 0 saturated carbocycles. The Bertz CT molecular complexity index is 511. The highest BCUT2D eigenvalue weighted by Crippen LogP contribution is 2.18. The van der Waals surface area contributed by atoms with E-state index in [0.717, 1.165) is 12.2 Å². The lowest BCUT2D eigenvalue weighted by atomic mass is 10.2. The van der Waals surface area contributed by atoms with Crippen molar-refractivity contribution in [3.05, 3.63) is 52.7 Å². The third kappa shape index (κ3) is 4.70. The van der Waals surface area contributed by atoms with Crippen molar-refractivity contribution in [2.45, 2.75) is 25.8 Å². The molecule has 0 aliphatic heterocycles. The smallest absolute Gasteiger partial charge is 0.220 e. The molecule has 106 valence electrons. The molecule has 3 nitrogen and oxygen atoms in total. The number of hydrogen-bond donors (Lipinski definition) is 1. The molecule has 1 aromatic carbocycles. The van der Waals surface area contributed by atoms with E-state index in [1.54, 1.807) is 11.3 Å². The van der Waals surface area contributed by atoms with Gasteiger partial charge in [0.05, 0.1) is 12.6 Å². The number of nitrogens with one attached hydrogen (secondary N) is 1. The number of ether oxygens (including phenoxy) is 1. The number of carbonyl (C=O) groups is 1. The van der Waals surface area contributed by atoms with E-state index in [1.165, 1.54) is 4.88 Å². The van der Waals surface area contributed by atoms with Gasteiger partial charge in [0.25, 0.3) is 0 Å². The first-order valence-electron chi connectivity index (χ1n) is 6.76. The van der Waals surface area contributed by atoms with E-state index in [0.29, 0.717) is 13.0 Å². The molecule has 0 aliphatic rings. The molecule has 1 aromatic heterocycles. The van der Waals surface area contributed by atoms with Gasteiger partial charge in [-0.15, -0.1) is 11.3 Å². The standard InChI is InChI=1S/C16H19NO2S/c1-13(15-9-6-12-20-15)17-16(18)10-5-11-19-14-7-3-2-4-8-14/h2-4,6-9,12-13H,5,10-11H2,1H3,(H,17,18). The zero-order valence-electron chi connectivity index (χ0n) is 11.5. The van der Waals surface area contributed by atoms with Gasteiger partial charge >= 0.3 is 0 Å². The topological polar surface area (TPSA) is 38.3 Å². The number of benzene rings is 1. The second-order valence-electron chi connectivity index (χ2n) is 4.57. The molecule has 20 heavy (non-hydrogen) atoms. The third-order valence-electron chi connectivity index (χ3n) is 2.91. The minimum atomic E-state index is 0.0718. The molecule has 0 bridgehead atoms. The Hall–Kier alpha value is -1.81. The third-order valence-corrected chi connectivity index (χ3v) is 3.96. The Morgan fingerprint density at radius 1 is 1.25 bits per heavy atom. The molecule has 0 spiro atoms. The van der Waals surface area contributed by atoms with Gasteiger partial charge in [0.2, 0.25) is 5.91 Å². The highest BCUT2D eigenvalue weighted by molar-refractivity contribution is 7.10. The van der Waals surface area contributed by atoms with Crippen LogP contribution < -0.4 is 10.1 Å². The van der Waals surface area contributed by atoms with Crippen molar-refractivity contribution in [1.29, 1.82) is 0 Å². The van der Waals surface area contributed by atoms with Crippen molar-refractivity contribution in [3.8, 4) is 5.75 Å². The summed E-state index contributed by atoms with van der Waals surface area (Å²) in [6, 6.07) is 13.8. The fourth-order valence-corrected chi connectivity index (χ4v) is 2.60. The van der Waals surface area contributed by atoms with Crippen LogP contribution in [0.3, 0.4) is 0 Å². The SMILES string of the molecule is CC(NC(=O)CCCOc1ccccc1)c1cccs1. The molecule has 1 N–H and O–H groups in total. The number of para-hydroxylation sites is 1. The minimum absolute atomic E-state index is 0.0718. The van der Waals surface area contributed by atoms with Gasteiger partial charge in [0.1, 0.15) is 5.75 Å². The van der Waals surface area contributed by atoms with Crippen LogP contribution in [0.4, 0.5) is 0 Å². The molecule has 1 unspecified atom stereocenters. The van der Waals surface area contributed by atoms with E-state index >= 15 is 0 Å². The van der Waals surface area contributed by atoms with Gasteiger partial charge in [-0.05, 0) is 36.9 Å². The van der Waals surface area contributed by atoms with Crippen LogP contribution in [0.5, 0.6) is 5.75 Å². The maximum absolute atomic E-state index is 11.8. The predicted molar refractivity (Wildman–Crippen MR) is 82.0 cm³/mol. The summed E-state index contributed by atoms with van der Waals surface area (Å²) in [6.45, 7) is 2.56. The quantitative estimate of drug-likeness (QED) is 0.788. The largest absolute Gasteiger partial charge is 0.494 e. The summed E-state index contributed by atoms with van der Waals surface area (Å²) in [4.78, 5) is 13.0. The first kappa shape index (κ1) is 14.6. The number of thiophene rings is 1. The highest BCUT2D eigenvalue weighted by Gasteiger charge is 2.09. The van der Waals surface area contributed by atoms with Gasteiger partial charge in [-0.25, -0.2) is 0 Å². The molecular formula is C16H19NO2S. The summed E-state index contributed by atoms with van der Waals surface area (Å²) in [5, 5.41) is 5.02. The summed E-state index contributed by atoms with van der Waals surface area (Å²) in [5.41, 5.74) is 0. The van der Waals surface area contributed by atoms with Crippen molar-refractivity contribution >= 4 is 17.2 Å². The molecule has 1 atom stereocenters. The minimum Gasteiger partial charge on any atom is -0.494 e. The molecule has 1 amide bonds. The maximum atomic E-state index is 11.8. The van der Waals surface area contributed by atoms with Crippen LogP contribution >= 0.6 is 11.3 Å². The lowest BCUT2D eigenvalue weighted by Gasteiger charge is -2.12. The lowest BCUT2D eigenvalue weighted by Crippen LogP contribution is -2.26. The number of hydrogen-bond acceptors (Lipinski definition) is 3. The molecule has 0 fully saturated rings. The van der Waals surface area contributed by atoms with Crippen LogP contribution in [-0.2, 0) is 4.79 Å². The summed E-state index contributed by atoms with van der Waals surface area (Å²) in [5.74, 6) is 0.919. The molecule has 2 rings (SSSR count). The monoisotopic (exact) mass is 289 g/mol. The highest BCUT2D eigenvalue weighted by atomic mass is 32.1. The zero-order valence-corrected chi connectivity index (χ0v) is 12.4. The molecule has 4 heteroatoms.